The topological polar surface area (TPSA) is 64.0 Å². The number of pyridine rings is 2. The van der Waals surface area contributed by atoms with Gasteiger partial charge in [0, 0.05) is 48.4 Å². The standard InChI is InChI=1S/C22H21N3O2/c26-20-13-18(17-9-6-11-23-15-17)21(19-10-4-5-12-25(19)20)22(27)24-14-16-7-2-1-3-8-16/h1-3,6-9,11,13,15H,4-5,10,12,14H2,(H,24,27). The molecule has 3 heterocycles. The Morgan fingerprint density at radius 3 is 2.74 bits per heavy atom. The first-order chi connectivity index (χ1) is 13.2. The molecule has 0 aliphatic carbocycles. The van der Waals surface area contributed by atoms with Crippen LogP contribution >= 0.6 is 0 Å². The van der Waals surface area contributed by atoms with Crippen LogP contribution in [0.2, 0.25) is 0 Å². The van der Waals surface area contributed by atoms with Crippen LogP contribution in [0.1, 0.15) is 34.5 Å². The van der Waals surface area contributed by atoms with Crippen molar-refractivity contribution in [2.75, 3.05) is 0 Å². The first-order valence-electron chi connectivity index (χ1n) is 9.23. The number of hydrogen-bond donors (Lipinski definition) is 1. The molecule has 4 rings (SSSR count). The van der Waals surface area contributed by atoms with Gasteiger partial charge in [-0.3, -0.25) is 14.6 Å². The smallest absolute Gasteiger partial charge is 0.253 e. The van der Waals surface area contributed by atoms with Crippen LogP contribution in [-0.2, 0) is 19.5 Å². The Bertz CT molecular complexity index is 1010. The molecular weight excluding hydrogens is 338 g/mol. The van der Waals surface area contributed by atoms with E-state index in [-0.39, 0.29) is 11.5 Å². The highest BCUT2D eigenvalue weighted by Gasteiger charge is 2.24. The second kappa shape index (κ2) is 7.58. The zero-order valence-electron chi connectivity index (χ0n) is 15.0. The number of amides is 1. The quantitative estimate of drug-likeness (QED) is 0.778. The van der Waals surface area contributed by atoms with Crippen molar-refractivity contribution in [3.8, 4) is 11.1 Å². The molecule has 0 saturated heterocycles. The van der Waals surface area contributed by atoms with Crippen LogP contribution in [0.15, 0.2) is 65.7 Å². The molecule has 0 unspecified atom stereocenters. The van der Waals surface area contributed by atoms with E-state index in [0.717, 1.165) is 36.1 Å². The normalized spacial score (nSPS) is 13.0. The third kappa shape index (κ3) is 3.53. The molecule has 5 nitrogen and oxygen atoms in total. The fraction of sp³-hybridized carbons (Fsp3) is 0.227. The van der Waals surface area contributed by atoms with Crippen LogP contribution in [0.5, 0.6) is 0 Å². The molecule has 136 valence electrons. The Morgan fingerprint density at radius 2 is 1.96 bits per heavy atom. The largest absolute Gasteiger partial charge is 0.348 e. The molecule has 0 spiro atoms. The second-order valence-corrected chi connectivity index (χ2v) is 6.74. The number of benzene rings is 1. The fourth-order valence-corrected chi connectivity index (χ4v) is 3.63. The molecule has 0 fully saturated rings. The Hall–Kier alpha value is -3.21. The van der Waals surface area contributed by atoms with Crippen molar-refractivity contribution in [3.63, 3.8) is 0 Å². The molecule has 1 aromatic carbocycles. The summed E-state index contributed by atoms with van der Waals surface area (Å²) in [6.45, 7) is 1.12. The molecule has 0 atom stereocenters. The maximum absolute atomic E-state index is 13.1. The van der Waals surface area contributed by atoms with Crippen LogP contribution in [-0.4, -0.2) is 15.5 Å². The number of aromatic nitrogens is 2. The van der Waals surface area contributed by atoms with E-state index >= 15 is 0 Å². The average Bonchev–Trinajstić information content (AvgIpc) is 2.73. The first-order valence-corrected chi connectivity index (χ1v) is 9.23. The SMILES string of the molecule is O=C(NCc1ccccc1)c1c(-c2cccnc2)cc(=O)n2c1CCCC2. The van der Waals surface area contributed by atoms with E-state index in [1.165, 1.54) is 0 Å². The summed E-state index contributed by atoms with van der Waals surface area (Å²) in [6, 6.07) is 15.1. The fourth-order valence-electron chi connectivity index (χ4n) is 3.63. The minimum atomic E-state index is -0.150. The van der Waals surface area contributed by atoms with Crippen molar-refractivity contribution >= 4 is 5.91 Å². The van der Waals surface area contributed by atoms with Gasteiger partial charge in [-0.15, -0.1) is 0 Å². The number of hydrogen-bond acceptors (Lipinski definition) is 3. The number of rotatable bonds is 4. The number of nitrogens with one attached hydrogen (secondary N) is 1. The molecule has 2 aromatic heterocycles. The van der Waals surface area contributed by atoms with Gasteiger partial charge < -0.3 is 9.88 Å². The molecule has 1 N–H and O–H groups in total. The minimum Gasteiger partial charge on any atom is -0.348 e. The first kappa shape index (κ1) is 17.2. The lowest BCUT2D eigenvalue weighted by Gasteiger charge is -2.23. The summed E-state index contributed by atoms with van der Waals surface area (Å²) in [5, 5.41) is 3.02. The Morgan fingerprint density at radius 1 is 1.11 bits per heavy atom. The predicted molar refractivity (Wildman–Crippen MR) is 104 cm³/mol. The van der Waals surface area contributed by atoms with Crippen molar-refractivity contribution < 1.29 is 4.79 Å². The van der Waals surface area contributed by atoms with E-state index in [0.29, 0.717) is 24.2 Å². The van der Waals surface area contributed by atoms with Gasteiger partial charge >= 0.3 is 0 Å². The van der Waals surface area contributed by atoms with Crippen molar-refractivity contribution in [1.82, 2.24) is 14.9 Å². The Balaban J connectivity index is 1.77. The monoisotopic (exact) mass is 359 g/mol. The van der Waals surface area contributed by atoms with Crippen LogP contribution in [0.4, 0.5) is 0 Å². The van der Waals surface area contributed by atoms with Gasteiger partial charge in [0.15, 0.2) is 0 Å². The summed E-state index contributed by atoms with van der Waals surface area (Å²) in [7, 11) is 0. The van der Waals surface area contributed by atoms with E-state index in [1.807, 2.05) is 42.5 Å². The zero-order valence-corrected chi connectivity index (χ0v) is 15.0. The van der Waals surface area contributed by atoms with Gasteiger partial charge in [0.25, 0.3) is 11.5 Å². The van der Waals surface area contributed by atoms with Gasteiger partial charge in [0.1, 0.15) is 0 Å². The van der Waals surface area contributed by atoms with Crippen molar-refractivity contribution in [2.24, 2.45) is 0 Å². The van der Waals surface area contributed by atoms with Crippen molar-refractivity contribution in [2.45, 2.75) is 32.4 Å². The van der Waals surface area contributed by atoms with Gasteiger partial charge in [0.2, 0.25) is 0 Å². The van der Waals surface area contributed by atoms with E-state index in [2.05, 4.69) is 10.3 Å². The molecule has 0 saturated carbocycles. The van der Waals surface area contributed by atoms with E-state index in [4.69, 9.17) is 0 Å². The molecule has 1 aliphatic rings. The molecular formula is C22H21N3O2. The number of nitrogens with zero attached hydrogens (tertiary/aromatic N) is 2. The summed E-state index contributed by atoms with van der Waals surface area (Å²) < 4.78 is 1.75. The van der Waals surface area contributed by atoms with Gasteiger partial charge in [0.05, 0.1) is 5.56 Å². The van der Waals surface area contributed by atoms with Gasteiger partial charge in [-0.1, -0.05) is 36.4 Å². The molecule has 5 heteroatoms. The highest BCUT2D eigenvalue weighted by molar-refractivity contribution is 6.01. The van der Waals surface area contributed by atoms with Gasteiger partial charge in [-0.25, -0.2) is 0 Å². The molecule has 0 bridgehead atoms. The average molecular weight is 359 g/mol. The highest BCUT2D eigenvalue weighted by Crippen LogP contribution is 2.27. The number of fused-ring (bicyclic) bond motifs is 1. The molecule has 3 aromatic rings. The van der Waals surface area contributed by atoms with Crippen molar-refractivity contribution in [1.29, 1.82) is 0 Å². The zero-order chi connectivity index (χ0) is 18.6. The van der Waals surface area contributed by atoms with Crippen LogP contribution in [0, 0.1) is 0 Å². The van der Waals surface area contributed by atoms with Crippen LogP contribution in [0.25, 0.3) is 11.1 Å². The third-order valence-corrected chi connectivity index (χ3v) is 4.96. The lowest BCUT2D eigenvalue weighted by Crippen LogP contribution is -2.33. The maximum Gasteiger partial charge on any atom is 0.253 e. The summed E-state index contributed by atoms with van der Waals surface area (Å²) in [4.78, 5) is 29.9. The Labute approximate surface area is 157 Å². The maximum atomic E-state index is 13.1. The van der Waals surface area contributed by atoms with E-state index in [9.17, 15) is 9.59 Å². The van der Waals surface area contributed by atoms with E-state index < -0.39 is 0 Å². The van der Waals surface area contributed by atoms with Gasteiger partial charge in [-0.2, -0.15) is 0 Å². The summed E-state index contributed by atoms with van der Waals surface area (Å²) in [6.07, 6.45) is 6.06. The van der Waals surface area contributed by atoms with Gasteiger partial charge in [-0.05, 0) is 30.9 Å². The third-order valence-electron chi connectivity index (χ3n) is 4.96. The highest BCUT2D eigenvalue weighted by atomic mass is 16.2. The lowest BCUT2D eigenvalue weighted by atomic mass is 9.94. The number of carbonyl (C=O) groups excluding carboxylic acids is 1. The van der Waals surface area contributed by atoms with Crippen LogP contribution < -0.4 is 10.9 Å². The lowest BCUT2D eigenvalue weighted by molar-refractivity contribution is 0.0949. The molecule has 27 heavy (non-hydrogen) atoms. The predicted octanol–water partition coefficient (Wildman–Crippen LogP) is 3.18. The molecule has 1 amide bonds. The second-order valence-electron chi connectivity index (χ2n) is 6.74. The minimum absolute atomic E-state index is 0.0526. The molecule has 1 aliphatic heterocycles. The number of carbonyl (C=O) groups is 1. The van der Waals surface area contributed by atoms with E-state index in [1.54, 1.807) is 23.0 Å². The Kier molecular flexibility index (Phi) is 4.83. The van der Waals surface area contributed by atoms with Crippen LogP contribution in [0.3, 0.4) is 0 Å². The van der Waals surface area contributed by atoms with Crippen molar-refractivity contribution in [3.05, 3.63) is 88.1 Å². The summed E-state index contributed by atoms with van der Waals surface area (Å²) in [5.74, 6) is -0.150. The summed E-state index contributed by atoms with van der Waals surface area (Å²) >= 11 is 0. The summed E-state index contributed by atoms with van der Waals surface area (Å²) in [5.41, 5.74) is 3.86. The molecule has 0 radical (unpaired) electrons.